The number of fused-ring (bicyclic) bond motifs is 1. The van der Waals surface area contributed by atoms with E-state index < -0.39 is 0 Å². The van der Waals surface area contributed by atoms with E-state index in [2.05, 4.69) is 196 Å². The van der Waals surface area contributed by atoms with Crippen molar-refractivity contribution >= 4 is 11.1 Å². The molecule has 0 N–H and O–H groups in total. The number of rotatable bonds is 6. The molecule has 0 heterocycles. The average molecular weight is 705 g/mol. The third kappa shape index (κ3) is 9.55. The van der Waals surface area contributed by atoms with Crippen molar-refractivity contribution in [1.29, 1.82) is 0 Å². The summed E-state index contributed by atoms with van der Waals surface area (Å²) in [4.78, 5) is 0. The van der Waals surface area contributed by atoms with Gasteiger partial charge in [-0.05, 0) is 101 Å². The number of benzene rings is 5. The Labute approximate surface area is 325 Å². The molecule has 54 heavy (non-hydrogen) atoms. The first-order chi connectivity index (χ1) is 26.4. The second kappa shape index (κ2) is 18.5. The van der Waals surface area contributed by atoms with Crippen LogP contribution < -0.4 is 0 Å². The molecule has 0 saturated carbocycles. The van der Waals surface area contributed by atoms with Gasteiger partial charge in [-0.15, -0.1) is 0 Å². The zero-order valence-electron chi connectivity index (χ0n) is 32.8. The van der Waals surface area contributed by atoms with Crippen molar-refractivity contribution < 1.29 is 0 Å². The Morgan fingerprint density at radius 1 is 0.685 bits per heavy atom. The van der Waals surface area contributed by atoms with Gasteiger partial charge >= 0.3 is 0 Å². The van der Waals surface area contributed by atoms with Crippen LogP contribution in [0.15, 0.2) is 188 Å². The summed E-state index contributed by atoms with van der Waals surface area (Å²) < 4.78 is 0. The molecule has 0 bridgehead atoms. The Balaban J connectivity index is 0.000000260. The lowest BCUT2D eigenvalue weighted by Crippen LogP contribution is -2.20. The summed E-state index contributed by atoms with van der Waals surface area (Å²) in [6.45, 7) is 12.8. The van der Waals surface area contributed by atoms with Crippen molar-refractivity contribution in [3.05, 3.63) is 227 Å². The maximum Gasteiger partial charge on any atom is 0.0278 e. The van der Waals surface area contributed by atoms with E-state index in [4.69, 9.17) is 0 Å². The maximum absolute atomic E-state index is 4.27. The number of allylic oxidation sites excluding steroid dienone is 11. The van der Waals surface area contributed by atoms with Crippen molar-refractivity contribution in [2.75, 3.05) is 0 Å². The van der Waals surface area contributed by atoms with E-state index in [1.54, 1.807) is 0 Å². The highest BCUT2D eigenvalue weighted by molar-refractivity contribution is 5.76. The highest BCUT2D eigenvalue weighted by Crippen LogP contribution is 2.36. The van der Waals surface area contributed by atoms with Crippen molar-refractivity contribution in [2.24, 2.45) is 0 Å². The minimum Gasteiger partial charge on any atom is -0.0911 e. The van der Waals surface area contributed by atoms with Crippen LogP contribution in [-0.4, -0.2) is 0 Å². The molecule has 2 unspecified atom stereocenters. The zero-order valence-corrected chi connectivity index (χ0v) is 32.8. The molecule has 3 aliphatic rings. The van der Waals surface area contributed by atoms with Crippen LogP contribution in [-0.2, 0) is 11.8 Å². The summed E-state index contributed by atoms with van der Waals surface area (Å²) in [6.07, 6.45) is 25.0. The fourth-order valence-electron chi connectivity index (χ4n) is 7.76. The van der Waals surface area contributed by atoms with Gasteiger partial charge in [0.05, 0.1) is 0 Å². The van der Waals surface area contributed by atoms with Crippen LogP contribution in [0.25, 0.3) is 22.3 Å². The van der Waals surface area contributed by atoms with Gasteiger partial charge in [0, 0.05) is 11.3 Å². The predicted octanol–water partition coefficient (Wildman–Crippen LogP) is 15.0. The molecule has 0 radical (unpaired) electrons. The molecule has 5 aromatic carbocycles. The lowest BCUT2D eigenvalue weighted by Gasteiger charge is -2.29. The van der Waals surface area contributed by atoms with Crippen molar-refractivity contribution in [1.82, 2.24) is 0 Å². The second-order valence-corrected chi connectivity index (χ2v) is 14.8. The van der Waals surface area contributed by atoms with E-state index in [0.717, 1.165) is 24.8 Å². The zero-order chi connectivity index (χ0) is 37.8. The topological polar surface area (TPSA) is 0 Å². The van der Waals surface area contributed by atoms with Gasteiger partial charge in [0.1, 0.15) is 0 Å². The van der Waals surface area contributed by atoms with Crippen LogP contribution in [0.3, 0.4) is 0 Å². The normalized spacial score (nSPS) is 19.9. The minimum atomic E-state index is 0.213. The largest absolute Gasteiger partial charge is 0.0911 e. The highest BCUT2D eigenvalue weighted by atomic mass is 14.3. The van der Waals surface area contributed by atoms with Crippen LogP contribution >= 0.6 is 0 Å². The molecule has 0 aromatic heterocycles. The summed E-state index contributed by atoms with van der Waals surface area (Å²) in [7, 11) is 0. The SMILES string of the molecule is C=C1/C=C\C=C/C(c2ccc(-c3ccc(CC4=CC=C(c5ccccc5)CC4)cc3)cc2)c2ccccc21.CC.Cc1ccc(C2(C)C=CCCC2)cc1. The highest BCUT2D eigenvalue weighted by Gasteiger charge is 2.24. The van der Waals surface area contributed by atoms with Gasteiger partial charge in [-0.3, -0.25) is 0 Å². The number of aryl methyl sites for hydroxylation is 1. The van der Waals surface area contributed by atoms with Gasteiger partial charge < -0.3 is 0 Å². The Bertz CT molecular complexity index is 2130. The summed E-state index contributed by atoms with van der Waals surface area (Å²) in [5.74, 6) is 0.213. The van der Waals surface area contributed by atoms with E-state index >= 15 is 0 Å². The van der Waals surface area contributed by atoms with Crippen LogP contribution in [0, 0.1) is 6.92 Å². The lowest BCUT2D eigenvalue weighted by atomic mass is 9.75. The molecule has 272 valence electrons. The molecule has 0 amide bonds. The fraction of sp³-hybridized carbons (Fsp3) is 0.222. The smallest absolute Gasteiger partial charge is 0.0278 e. The predicted molar refractivity (Wildman–Crippen MR) is 236 cm³/mol. The first kappa shape index (κ1) is 38.3. The third-order valence-corrected chi connectivity index (χ3v) is 11.0. The summed E-state index contributed by atoms with van der Waals surface area (Å²) in [5.41, 5.74) is 16.1. The molecule has 0 spiro atoms. The Kier molecular flexibility index (Phi) is 13.1. The molecule has 0 aliphatic heterocycles. The van der Waals surface area contributed by atoms with Crippen LogP contribution in [0.2, 0.25) is 0 Å². The van der Waals surface area contributed by atoms with Gasteiger partial charge in [-0.25, -0.2) is 0 Å². The number of hydrogen-bond acceptors (Lipinski definition) is 0. The molecule has 3 aliphatic carbocycles. The summed E-state index contributed by atoms with van der Waals surface area (Å²) in [6, 6.07) is 46.4. The van der Waals surface area contributed by atoms with Gasteiger partial charge in [0.2, 0.25) is 0 Å². The second-order valence-electron chi connectivity index (χ2n) is 14.8. The molecule has 5 aromatic rings. The third-order valence-electron chi connectivity index (χ3n) is 11.0. The van der Waals surface area contributed by atoms with Crippen LogP contribution in [0.5, 0.6) is 0 Å². The number of hydrogen-bond donors (Lipinski definition) is 0. The van der Waals surface area contributed by atoms with Gasteiger partial charge in [0.15, 0.2) is 0 Å². The lowest BCUT2D eigenvalue weighted by molar-refractivity contribution is 0.496. The minimum absolute atomic E-state index is 0.213. The first-order valence-corrected chi connectivity index (χ1v) is 20.0. The first-order valence-electron chi connectivity index (χ1n) is 20.0. The molecule has 0 nitrogen and oxygen atoms in total. The average Bonchev–Trinajstić information content (AvgIpc) is 3.23. The Hall–Kier alpha value is -5.46. The Morgan fingerprint density at radius 3 is 2.04 bits per heavy atom. The van der Waals surface area contributed by atoms with Crippen molar-refractivity contribution in [2.45, 2.75) is 77.6 Å². The van der Waals surface area contributed by atoms with Crippen molar-refractivity contribution in [3.63, 3.8) is 0 Å². The fourth-order valence-corrected chi connectivity index (χ4v) is 7.76. The molecule has 0 heteroatoms. The van der Waals surface area contributed by atoms with Crippen LogP contribution in [0.4, 0.5) is 0 Å². The van der Waals surface area contributed by atoms with Crippen LogP contribution in [0.1, 0.15) is 97.7 Å². The molecular weight excluding hydrogens is 649 g/mol. The van der Waals surface area contributed by atoms with Gasteiger partial charge in [-0.2, -0.15) is 0 Å². The van der Waals surface area contributed by atoms with E-state index in [0.29, 0.717) is 0 Å². The monoisotopic (exact) mass is 704 g/mol. The molecule has 0 saturated heterocycles. The molecular formula is C54H56. The molecule has 2 atom stereocenters. The summed E-state index contributed by atoms with van der Waals surface area (Å²) >= 11 is 0. The Morgan fingerprint density at radius 2 is 1.37 bits per heavy atom. The molecule has 8 rings (SSSR count). The van der Waals surface area contributed by atoms with E-state index in [-0.39, 0.29) is 11.3 Å². The van der Waals surface area contributed by atoms with Gasteiger partial charge in [0.25, 0.3) is 0 Å². The van der Waals surface area contributed by atoms with Gasteiger partial charge in [-0.1, -0.05) is 214 Å². The molecule has 0 fully saturated rings. The van der Waals surface area contributed by atoms with E-state index in [1.807, 2.05) is 13.8 Å². The van der Waals surface area contributed by atoms with Crippen molar-refractivity contribution in [3.8, 4) is 11.1 Å². The van der Waals surface area contributed by atoms with E-state index in [9.17, 15) is 0 Å². The van der Waals surface area contributed by atoms with E-state index in [1.165, 1.54) is 80.5 Å². The summed E-state index contributed by atoms with van der Waals surface area (Å²) in [5, 5.41) is 0. The standard InChI is InChI=1S/C38H32.C14H18.C2H6/c1-28-9-5-6-13-37(38-14-8-7-12-36(28)38)35-25-23-34(24-26-35)33-21-17-30(18-22-33)27-29-15-19-32(20-16-29)31-10-3-2-4-11-31;1-12-6-8-13(9-7-12)14(2)10-4-3-5-11-14;1-2/h2-15,17-19,21-26,37H,1,16,20,27H2;4,6-10H,3,5,11H2,1-2H3;1-2H3/b9-5-,13-6-;;. The quantitative estimate of drug-likeness (QED) is 0.154. The maximum atomic E-state index is 4.27.